The van der Waals surface area contributed by atoms with E-state index in [1.54, 1.807) is 36.6 Å². The van der Waals surface area contributed by atoms with E-state index >= 15 is 0 Å². The highest BCUT2D eigenvalue weighted by Crippen LogP contribution is 2.29. The highest BCUT2D eigenvalue weighted by Gasteiger charge is 2.18. The van der Waals surface area contributed by atoms with Gasteiger partial charge in [-0.05, 0) is 25.1 Å². The molecule has 126 valence electrons. The second-order valence-corrected chi connectivity index (χ2v) is 6.85. The smallest absolute Gasteiger partial charge is 0.268 e. The molecule has 0 saturated heterocycles. The Hall–Kier alpha value is -2.18. The number of carbonyl (C=O) groups excluding carboxylic acids is 1. The van der Waals surface area contributed by atoms with E-state index < -0.39 is 0 Å². The van der Waals surface area contributed by atoms with E-state index in [1.807, 2.05) is 23.6 Å². The van der Waals surface area contributed by atoms with Gasteiger partial charge in [-0.15, -0.1) is 11.3 Å². The molecule has 0 radical (unpaired) electrons. The Bertz CT molecular complexity index is 869. The molecule has 0 aliphatic carbocycles. The van der Waals surface area contributed by atoms with Crippen molar-refractivity contribution < 1.29 is 13.9 Å². The predicted molar refractivity (Wildman–Crippen MR) is 94.3 cm³/mol. The first-order valence-electron chi connectivity index (χ1n) is 7.70. The molecule has 0 aliphatic rings. The number of carbonyl (C=O) groups is 1. The summed E-state index contributed by atoms with van der Waals surface area (Å²) in [5, 5.41) is 2.83. The number of rotatable bonds is 6. The molecule has 2 heterocycles. The van der Waals surface area contributed by atoms with Crippen LogP contribution in [0.1, 0.15) is 20.9 Å². The number of nitrogens with one attached hydrogen (secondary N) is 1. The number of aryl methyl sites for hydroxylation is 1. The number of hydrogen-bond acceptors (Lipinski definition) is 3. The van der Waals surface area contributed by atoms with E-state index in [9.17, 15) is 9.18 Å². The first-order valence-corrected chi connectivity index (χ1v) is 8.52. The molecule has 0 bridgehead atoms. The van der Waals surface area contributed by atoms with Gasteiger partial charge in [0, 0.05) is 24.1 Å². The molecule has 2 aromatic heterocycles. The van der Waals surface area contributed by atoms with Crippen molar-refractivity contribution in [1.82, 2.24) is 9.88 Å². The molecule has 0 unspecified atom stereocenters. The second kappa shape index (κ2) is 7.15. The van der Waals surface area contributed by atoms with Crippen LogP contribution in [0.5, 0.6) is 0 Å². The highest BCUT2D eigenvalue weighted by molar-refractivity contribution is 7.19. The summed E-state index contributed by atoms with van der Waals surface area (Å²) in [5.41, 5.74) is 2.05. The van der Waals surface area contributed by atoms with E-state index in [2.05, 4.69) is 5.32 Å². The van der Waals surface area contributed by atoms with E-state index in [4.69, 9.17) is 4.74 Å². The lowest BCUT2D eigenvalue weighted by Crippen LogP contribution is -2.29. The van der Waals surface area contributed by atoms with E-state index in [-0.39, 0.29) is 11.7 Å². The Morgan fingerprint density at radius 1 is 1.33 bits per heavy atom. The third kappa shape index (κ3) is 3.34. The standard InChI is InChI=1S/C18H19FN2O2S/c1-12-9-15-17(24-12)10-16(18(22)20-7-8-23-2)21(15)11-13-5-3-4-6-14(13)19/h3-6,9-10H,7-8,11H2,1-2H3,(H,20,22). The zero-order valence-electron chi connectivity index (χ0n) is 13.6. The summed E-state index contributed by atoms with van der Waals surface area (Å²) in [4.78, 5) is 13.7. The van der Waals surface area contributed by atoms with Gasteiger partial charge in [-0.3, -0.25) is 4.79 Å². The molecule has 0 aliphatic heterocycles. The molecule has 0 spiro atoms. The van der Waals surface area contributed by atoms with Gasteiger partial charge < -0.3 is 14.6 Å². The minimum Gasteiger partial charge on any atom is -0.383 e. The van der Waals surface area contributed by atoms with Gasteiger partial charge in [0.05, 0.1) is 23.4 Å². The van der Waals surface area contributed by atoms with Crippen LogP contribution in [-0.4, -0.2) is 30.7 Å². The van der Waals surface area contributed by atoms with Crippen molar-refractivity contribution in [1.29, 1.82) is 0 Å². The molecule has 0 fully saturated rings. The Balaban J connectivity index is 1.98. The molecule has 0 atom stereocenters. The first-order chi connectivity index (χ1) is 11.6. The van der Waals surface area contributed by atoms with Crippen LogP contribution >= 0.6 is 11.3 Å². The first kappa shape index (κ1) is 16.7. The van der Waals surface area contributed by atoms with E-state index in [1.165, 1.54) is 6.07 Å². The van der Waals surface area contributed by atoms with Gasteiger partial charge in [-0.1, -0.05) is 18.2 Å². The van der Waals surface area contributed by atoms with Crippen molar-refractivity contribution in [3.63, 3.8) is 0 Å². The molecular weight excluding hydrogens is 327 g/mol. The maximum atomic E-state index is 14.0. The molecule has 6 heteroatoms. The van der Waals surface area contributed by atoms with Crippen molar-refractivity contribution in [3.8, 4) is 0 Å². The molecule has 3 aromatic rings. The molecule has 3 rings (SSSR count). The molecule has 4 nitrogen and oxygen atoms in total. The van der Waals surface area contributed by atoms with Gasteiger partial charge in [-0.2, -0.15) is 0 Å². The minimum atomic E-state index is -0.267. The summed E-state index contributed by atoms with van der Waals surface area (Å²) in [5.74, 6) is -0.443. The van der Waals surface area contributed by atoms with Gasteiger partial charge in [0.15, 0.2) is 0 Å². The average Bonchev–Trinajstić information content (AvgIpc) is 3.07. The lowest BCUT2D eigenvalue weighted by Gasteiger charge is -2.11. The average molecular weight is 346 g/mol. The molecule has 24 heavy (non-hydrogen) atoms. The van der Waals surface area contributed by atoms with Crippen LogP contribution in [0, 0.1) is 12.7 Å². The summed E-state index contributed by atoms with van der Waals surface area (Å²) < 4.78 is 21.9. The molecular formula is C18H19FN2O2S. The lowest BCUT2D eigenvalue weighted by atomic mass is 10.2. The largest absolute Gasteiger partial charge is 0.383 e. The van der Waals surface area contributed by atoms with Gasteiger partial charge in [0.1, 0.15) is 11.5 Å². The Kier molecular flexibility index (Phi) is 4.97. The zero-order valence-corrected chi connectivity index (χ0v) is 14.5. The van der Waals surface area contributed by atoms with Crippen LogP contribution < -0.4 is 5.32 Å². The zero-order chi connectivity index (χ0) is 17.1. The number of hydrogen-bond donors (Lipinski definition) is 1. The van der Waals surface area contributed by atoms with Gasteiger partial charge in [0.25, 0.3) is 5.91 Å². The van der Waals surface area contributed by atoms with Crippen molar-refractivity contribution >= 4 is 27.5 Å². The van der Waals surface area contributed by atoms with Gasteiger partial charge in [0.2, 0.25) is 0 Å². The normalized spacial score (nSPS) is 11.1. The maximum Gasteiger partial charge on any atom is 0.268 e. The SMILES string of the molecule is COCCNC(=O)c1cc2sc(C)cc2n1Cc1ccccc1F. The van der Waals surface area contributed by atoms with Crippen LogP contribution in [-0.2, 0) is 11.3 Å². The van der Waals surface area contributed by atoms with Crippen molar-refractivity contribution in [3.05, 3.63) is 58.3 Å². The number of ether oxygens (including phenoxy) is 1. The fraction of sp³-hybridized carbons (Fsp3) is 0.278. The van der Waals surface area contributed by atoms with Crippen LogP contribution in [0.2, 0.25) is 0 Å². The number of fused-ring (bicyclic) bond motifs is 1. The summed E-state index contributed by atoms with van der Waals surface area (Å²) in [7, 11) is 1.59. The summed E-state index contributed by atoms with van der Waals surface area (Å²) in [6, 6.07) is 10.6. The summed E-state index contributed by atoms with van der Waals surface area (Å²) >= 11 is 1.63. The van der Waals surface area contributed by atoms with Crippen LogP contribution in [0.15, 0.2) is 36.4 Å². The van der Waals surface area contributed by atoms with E-state index in [0.29, 0.717) is 31.0 Å². The number of amides is 1. The van der Waals surface area contributed by atoms with Crippen LogP contribution in [0.25, 0.3) is 10.2 Å². The molecule has 1 aromatic carbocycles. The fourth-order valence-electron chi connectivity index (χ4n) is 2.68. The minimum absolute atomic E-state index is 0.176. The number of methoxy groups -OCH3 is 1. The Morgan fingerprint density at radius 3 is 2.88 bits per heavy atom. The lowest BCUT2D eigenvalue weighted by molar-refractivity contribution is 0.0928. The topological polar surface area (TPSA) is 43.3 Å². The van der Waals surface area contributed by atoms with Crippen molar-refractivity contribution in [2.45, 2.75) is 13.5 Å². The predicted octanol–water partition coefficient (Wildman–Crippen LogP) is 3.57. The highest BCUT2D eigenvalue weighted by atomic mass is 32.1. The third-order valence-corrected chi connectivity index (χ3v) is 4.81. The Labute approximate surface area is 143 Å². The fourth-order valence-corrected chi connectivity index (χ4v) is 3.64. The number of thiophene rings is 1. The third-order valence-electron chi connectivity index (χ3n) is 3.82. The monoisotopic (exact) mass is 346 g/mol. The summed E-state index contributed by atoms with van der Waals surface area (Å²) in [6.45, 7) is 3.23. The molecule has 1 N–H and O–H groups in total. The van der Waals surface area contributed by atoms with Crippen LogP contribution in [0.3, 0.4) is 0 Å². The Morgan fingerprint density at radius 2 is 2.12 bits per heavy atom. The summed E-state index contributed by atoms with van der Waals surface area (Å²) in [6.07, 6.45) is 0. The number of benzene rings is 1. The van der Waals surface area contributed by atoms with E-state index in [0.717, 1.165) is 15.1 Å². The quantitative estimate of drug-likeness (QED) is 0.694. The van der Waals surface area contributed by atoms with Crippen molar-refractivity contribution in [2.24, 2.45) is 0 Å². The van der Waals surface area contributed by atoms with Crippen molar-refractivity contribution in [2.75, 3.05) is 20.3 Å². The van der Waals surface area contributed by atoms with Gasteiger partial charge >= 0.3 is 0 Å². The van der Waals surface area contributed by atoms with Crippen LogP contribution in [0.4, 0.5) is 4.39 Å². The maximum absolute atomic E-state index is 14.0. The number of aromatic nitrogens is 1. The number of halogens is 1. The molecule has 1 amide bonds. The number of nitrogens with zero attached hydrogens (tertiary/aromatic N) is 1. The molecule has 0 saturated carbocycles. The second-order valence-electron chi connectivity index (χ2n) is 5.56. The van der Waals surface area contributed by atoms with Gasteiger partial charge in [-0.25, -0.2) is 4.39 Å².